The van der Waals surface area contributed by atoms with E-state index in [0.29, 0.717) is 29.6 Å². The molecule has 0 saturated heterocycles. The first-order valence-electron chi connectivity index (χ1n) is 9.81. The summed E-state index contributed by atoms with van der Waals surface area (Å²) in [5.74, 6) is -0.802. The summed E-state index contributed by atoms with van der Waals surface area (Å²) in [6.45, 7) is 1.81. The van der Waals surface area contributed by atoms with Gasteiger partial charge < -0.3 is 29.1 Å². The summed E-state index contributed by atoms with van der Waals surface area (Å²) in [6.07, 6.45) is 5.49. The Hall–Kier alpha value is -1.55. The molecule has 0 spiro atoms. The topological polar surface area (TPSA) is 137 Å². The van der Waals surface area contributed by atoms with Crippen LogP contribution < -0.4 is 0 Å². The second-order valence-electron chi connectivity index (χ2n) is 7.63. The van der Waals surface area contributed by atoms with Gasteiger partial charge in [0.2, 0.25) is 0 Å². The number of aryl methyl sites for hydroxylation is 1. The van der Waals surface area contributed by atoms with E-state index in [2.05, 4.69) is 21.3 Å². The van der Waals surface area contributed by atoms with Gasteiger partial charge in [-0.2, -0.15) is 0 Å². The number of phosphoric acid groups is 1. The van der Waals surface area contributed by atoms with Crippen LogP contribution in [0.2, 0.25) is 0 Å². The minimum atomic E-state index is -4.61. The molecule has 1 aliphatic carbocycles. The van der Waals surface area contributed by atoms with Crippen LogP contribution in [0.15, 0.2) is 36.7 Å². The van der Waals surface area contributed by atoms with Crippen LogP contribution in [-0.4, -0.2) is 48.5 Å². The first-order chi connectivity index (χ1) is 14.8. The number of esters is 1. The Bertz CT molecular complexity index is 1120. The fraction of sp³-hybridized carbons (Fsp3) is 0.400. The van der Waals surface area contributed by atoms with E-state index < -0.39 is 13.8 Å². The number of nitrogens with zero attached hydrogens (tertiary/aromatic N) is 4. The minimum Gasteiger partial charge on any atom is -0.462 e. The van der Waals surface area contributed by atoms with Crippen molar-refractivity contribution in [2.45, 2.75) is 25.8 Å². The Morgan fingerprint density at radius 2 is 1.88 bits per heavy atom. The molecular weight excluding hydrogens is 512 g/mol. The van der Waals surface area contributed by atoms with Crippen LogP contribution >= 0.6 is 7.82 Å². The smallest absolute Gasteiger partial charge is 0.462 e. The van der Waals surface area contributed by atoms with E-state index in [4.69, 9.17) is 19.0 Å². The Labute approximate surface area is 209 Å². The Morgan fingerprint density at radius 1 is 1.19 bits per heavy atom. The molecule has 1 aromatic carbocycles. The summed E-state index contributed by atoms with van der Waals surface area (Å²) in [6, 6.07) is 8.62. The number of benzene rings is 1. The van der Waals surface area contributed by atoms with Crippen molar-refractivity contribution >= 4 is 25.0 Å². The molecule has 2 heterocycles. The molecule has 0 amide bonds. The average Bonchev–Trinajstić information content (AvgIpc) is 3.35. The third-order valence-corrected chi connectivity index (χ3v) is 6.07. The van der Waals surface area contributed by atoms with Crippen LogP contribution in [0.3, 0.4) is 0 Å². The van der Waals surface area contributed by atoms with Crippen molar-refractivity contribution in [1.29, 1.82) is 0 Å². The Kier molecular flexibility index (Phi) is 8.30. The molecule has 3 unspecified atom stereocenters. The summed E-state index contributed by atoms with van der Waals surface area (Å²) < 4.78 is 23.4. The monoisotopic (exact) mass is 534 g/mol. The predicted molar refractivity (Wildman–Crippen MR) is 109 cm³/mol. The van der Waals surface area contributed by atoms with E-state index in [1.165, 1.54) is 0 Å². The van der Waals surface area contributed by atoms with Crippen molar-refractivity contribution in [2.24, 2.45) is 11.8 Å². The first kappa shape index (κ1) is 25.1. The zero-order valence-corrected chi connectivity index (χ0v) is 21.1. The molecule has 32 heavy (non-hydrogen) atoms. The van der Waals surface area contributed by atoms with Gasteiger partial charge in [0.15, 0.2) is 0 Å². The minimum absolute atomic E-state index is 0. The molecule has 2 N–H and O–H groups in total. The molecule has 0 radical (unpaired) electrons. The van der Waals surface area contributed by atoms with Gasteiger partial charge in [-0.3, -0.25) is 9.51 Å². The van der Waals surface area contributed by atoms with E-state index in [9.17, 15) is 9.36 Å². The predicted octanol–water partition coefficient (Wildman–Crippen LogP) is 2.47. The number of fused-ring (bicyclic) bond motifs is 1. The van der Waals surface area contributed by atoms with E-state index in [1.807, 2.05) is 17.6 Å². The standard InChI is InChI=1S/C20H22N4O6P.Y/c1-13-18-19(22-11-21-13)24(12-23-18)17-7-15(16(8-17)10-30-31(26,27)28)9-29-20(25)14-5-3-2-4-6-14;/h2-6,12,15-17H,7-10H2,1H3,(H2,26,27,28);/q-1;+3. The zero-order chi connectivity index (χ0) is 22.0. The molecule has 1 aliphatic rings. The number of aromatic nitrogens is 4. The number of carbonyl (C=O) groups excluding carboxylic acids is 1. The quantitative estimate of drug-likeness (QED) is 0.266. The fourth-order valence-electron chi connectivity index (χ4n) is 4.04. The van der Waals surface area contributed by atoms with Gasteiger partial charge in [-0.05, 0) is 36.6 Å². The second kappa shape index (κ2) is 10.6. The molecule has 164 valence electrons. The van der Waals surface area contributed by atoms with Gasteiger partial charge in [0.1, 0.15) is 0 Å². The molecular formula is C20H22N4O6PY+2. The Balaban J connectivity index is 0.00000289. The average molecular weight is 534 g/mol. The van der Waals surface area contributed by atoms with Gasteiger partial charge in [-0.1, -0.05) is 25.1 Å². The van der Waals surface area contributed by atoms with E-state index >= 15 is 0 Å². The zero-order valence-electron chi connectivity index (χ0n) is 17.4. The van der Waals surface area contributed by atoms with Crippen molar-refractivity contribution in [3.05, 3.63) is 54.2 Å². The fourth-order valence-corrected chi connectivity index (χ4v) is 4.42. The largest absolute Gasteiger partial charge is 3.00 e. The number of ether oxygens (including phenoxy) is 1. The number of imidazole rings is 1. The van der Waals surface area contributed by atoms with Crippen LogP contribution in [0.1, 0.15) is 34.9 Å². The van der Waals surface area contributed by atoms with Gasteiger partial charge in [0.05, 0.1) is 25.1 Å². The third-order valence-electron chi connectivity index (χ3n) is 5.59. The van der Waals surface area contributed by atoms with Crippen molar-refractivity contribution in [3.8, 4) is 0 Å². The molecule has 12 heteroatoms. The van der Waals surface area contributed by atoms with E-state index in [-0.39, 0.29) is 63.8 Å². The SMILES string of the molecule is Cc1n[c-]nc2c1ncn2C1CC(COC(=O)c2ccccc2)C(COP(=O)(O)O)C1.[Y+3]. The number of hydrogen-bond acceptors (Lipinski definition) is 7. The van der Waals surface area contributed by atoms with Crippen molar-refractivity contribution in [2.75, 3.05) is 13.2 Å². The molecule has 0 aliphatic heterocycles. The van der Waals surface area contributed by atoms with Crippen LogP contribution in [0.25, 0.3) is 11.2 Å². The molecule has 3 aromatic rings. The van der Waals surface area contributed by atoms with Gasteiger partial charge in [0, 0.05) is 29.5 Å². The van der Waals surface area contributed by atoms with E-state index in [1.54, 1.807) is 30.6 Å². The van der Waals surface area contributed by atoms with Crippen LogP contribution in [0.4, 0.5) is 0 Å². The van der Waals surface area contributed by atoms with E-state index in [0.717, 1.165) is 5.69 Å². The van der Waals surface area contributed by atoms with Crippen molar-refractivity contribution in [1.82, 2.24) is 19.5 Å². The van der Waals surface area contributed by atoms with Gasteiger partial charge in [0.25, 0.3) is 0 Å². The maximum Gasteiger partial charge on any atom is 3.00 e. The van der Waals surface area contributed by atoms with Gasteiger partial charge in [-0.25, -0.2) is 9.36 Å². The molecule has 1 fully saturated rings. The first-order valence-corrected chi connectivity index (χ1v) is 11.3. The molecule has 1 saturated carbocycles. The number of phosphoric ester groups is 1. The second-order valence-corrected chi connectivity index (χ2v) is 8.87. The molecule has 3 atom stereocenters. The molecule has 0 bridgehead atoms. The summed E-state index contributed by atoms with van der Waals surface area (Å²) in [5, 5.41) is 0. The maximum absolute atomic E-state index is 12.3. The number of hydrogen-bond donors (Lipinski definition) is 2. The molecule has 10 nitrogen and oxygen atoms in total. The van der Waals surface area contributed by atoms with Crippen LogP contribution in [0, 0.1) is 25.1 Å². The van der Waals surface area contributed by atoms with Gasteiger partial charge >= 0.3 is 46.5 Å². The maximum atomic E-state index is 12.3. The third kappa shape index (κ3) is 5.87. The summed E-state index contributed by atoms with van der Waals surface area (Å²) in [4.78, 5) is 43.2. The Morgan fingerprint density at radius 3 is 2.56 bits per heavy atom. The van der Waals surface area contributed by atoms with Crippen LogP contribution in [0.5, 0.6) is 0 Å². The number of carbonyl (C=O) groups is 1. The van der Waals surface area contributed by atoms with Crippen molar-refractivity contribution in [3.63, 3.8) is 0 Å². The number of rotatable bonds is 7. The summed E-state index contributed by atoms with van der Waals surface area (Å²) in [7, 11) is -4.61. The normalized spacial score (nSPS) is 20.8. The van der Waals surface area contributed by atoms with Gasteiger partial charge in [-0.15, -0.1) is 0 Å². The summed E-state index contributed by atoms with van der Waals surface area (Å²) >= 11 is 0. The van der Waals surface area contributed by atoms with Crippen LogP contribution in [-0.2, 0) is 46.5 Å². The summed E-state index contributed by atoms with van der Waals surface area (Å²) in [5.41, 5.74) is 2.50. The molecule has 2 aromatic heterocycles. The van der Waals surface area contributed by atoms with Crippen molar-refractivity contribution < 1.29 is 61.1 Å². The molecule has 4 rings (SSSR count).